The molecule has 4 aromatic rings. The van der Waals surface area contributed by atoms with Crippen LogP contribution in [-0.4, -0.2) is 14.9 Å². The summed E-state index contributed by atoms with van der Waals surface area (Å²) in [5.41, 5.74) is 6.10. The predicted octanol–water partition coefficient (Wildman–Crippen LogP) is 8.04. The number of benzene rings is 2. The van der Waals surface area contributed by atoms with Gasteiger partial charge in [-0.05, 0) is 79.0 Å². The summed E-state index contributed by atoms with van der Waals surface area (Å²) in [7, 11) is 0. The number of aryl methyl sites for hydroxylation is 1. The van der Waals surface area contributed by atoms with Crippen LogP contribution >= 0.6 is 43.8 Å². The van der Waals surface area contributed by atoms with Crippen molar-refractivity contribution in [3.05, 3.63) is 80.5 Å². The molecule has 0 radical (unpaired) electrons. The molecule has 0 aliphatic carbocycles. The van der Waals surface area contributed by atoms with E-state index in [1.165, 1.54) is 11.1 Å². The molecule has 32 heavy (non-hydrogen) atoms. The van der Waals surface area contributed by atoms with Gasteiger partial charge in [-0.1, -0.05) is 63.4 Å². The van der Waals surface area contributed by atoms with Gasteiger partial charge in [0.2, 0.25) is 0 Å². The molecule has 0 amide bonds. The number of hydrogen-bond acceptors (Lipinski definition) is 5. The second kappa shape index (κ2) is 9.67. The van der Waals surface area contributed by atoms with E-state index in [4.69, 9.17) is 9.51 Å². The number of nitrogens with zero attached hydrogens (tertiary/aromatic N) is 2. The highest BCUT2D eigenvalue weighted by Gasteiger charge is 2.23. The molecule has 0 spiro atoms. The molecule has 0 saturated carbocycles. The molecule has 0 bridgehead atoms. The molecule has 166 valence electrons. The molecule has 2 heterocycles. The predicted molar refractivity (Wildman–Crippen MR) is 141 cm³/mol. The second-order valence-electron chi connectivity index (χ2n) is 8.75. The zero-order valence-corrected chi connectivity index (χ0v) is 22.4. The quantitative estimate of drug-likeness (QED) is 0.186. The minimum atomic E-state index is 0.0399. The fourth-order valence-corrected chi connectivity index (χ4v) is 4.92. The van der Waals surface area contributed by atoms with Crippen molar-refractivity contribution in [1.82, 2.24) is 14.9 Å². The first kappa shape index (κ1) is 23.5. The van der Waals surface area contributed by atoms with E-state index in [0.29, 0.717) is 0 Å². The van der Waals surface area contributed by atoms with Crippen molar-refractivity contribution in [3.8, 4) is 11.3 Å². The van der Waals surface area contributed by atoms with E-state index in [2.05, 4.69) is 99.8 Å². The first-order valence-electron chi connectivity index (χ1n) is 10.4. The van der Waals surface area contributed by atoms with Crippen molar-refractivity contribution in [2.45, 2.75) is 44.9 Å². The van der Waals surface area contributed by atoms with Crippen molar-refractivity contribution in [1.29, 1.82) is 0 Å². The summed E-state index contributed by atoms with van der Waals surface area (Å²) in [4.78, 5) is 4.76. The lowest BCUT2D eigenvalue weighted by atomic mass is 9.93. The highest BCUT2D eigenvalue weighted by Crippen LogP contribution is 2.36. The molecule has 1 N–H and O–H groups in total. The van der Waals surface area contributed by atoms with Gasteiger partial charge in [0.25, 0.3) is 0 Å². The van der Waals surface area contributed by atoms with Gasteiger partial charge in [0.05, 0.1) is 0 Å². The highest BCUT2D eigenvalue weighted by atomic mass is 79.9. The molecule has 0 fully saturated rings. The normalized spacial score (nSPS) is 12.9. The molecule has 0 aliphatic heterocycles. The van der Waals surface area contributed by atoms with Crippen molar-refractivity contribution in [3.63, 3.8) is 0 Å². The third kappa shape index (κ3) is 5.45. The number of hydrogen-bond donors (Lipinski definition) is 1. The minimum absolute atomic E-state index is 0.0399. The van der Waals surface area contributed by atoms with Crippen LogP contribution in [0.2, 0.25) is 0 Å². The Morgan fingerprint density at radius 1 is 1.06 bits per heavy atom. The second-order valence-corrected chi connectivity index (χ2v) is 12.1. The number of pyridine rings is 1. The van der Waals surface area contributed by atoms with Crippen LogP contribution in [0.15, 0.2) is 68.2 Å². The van der Waals surface area contributed by atoms with Crippen LogP contribution in [0.5, 0.6) is 0 Å². The van der Waals surface area contributed by atoms with Crippen LogP contribution in [0.25, 0.3) is 22.2 Å². The lowest BCUT2D eigenvalue weighted by molar-refractivity contribution is 0.459. The van der Waals surface area contributed by atoms with Gasteiger partial charge in [-0.2, -0.15) is 0 Å². The molecule has 1 atom stereocenters. The van der Waals surface area contributed by atoms with E-state index < -0.39 is 0 Å². The monoisotopic (exact) mass is 573 g/mol. The van der Waals surface area contributed by atoms with Crippen molar-refractivity contribution >= 4 is 54.8 Å². The lowest BCUT2D eigenvalue weighted by Gasteiger charge is -2.26. The summed E-state index contributed by atoms with van der Waals surface area (Å²) in [5.74, 6) is 0. The maximum atomic E-state index is 5.66. The number of rotatable bonds is 6. The number of fused-ring (bicyclic) bond motifs is 1. The van der Waals surface area contributed by atoms with E-state index in [1.54, 1.807) is 11.9 Å². The van der Waals surface area contributed by atoms with Crippen LogP contribution in [0.4, 0.5) is 0 Å². The lowest BCUT2D eigenvalue weighted by Crippen LogP contribution is -2.24. The summed E-state index contributed by atoms with van der Waals surface area (Å²) in [6.45, 7) is 8.73. The number of halogens is 2. The minimum Gasteiger partial charge on any atom is -0.356 e. The van der Waals surface area contributed by atoms with E-state index in [0.717, 1.165) is 43.4 Å². The van der Waals surface area contributed by atoms with Crippen LogP contribution in [0, 0.1) is 6.92 Å². The van der Waals surface area contributed by atoms with E-state index in [9.17, 15) is 0 Å². The fourth-order valence-electron chi connectivity index (χ4n) is 3.53. The van der Waals surface area contributed by atoms with Gasteiger partial charge >= 0.3 is 0 Å². The van der Waals surface area contributed by atoms with Crippen LogP contribution in [0.1, 0.15) is 43.6 Å². The highest BCUT2D eigenvalue weighted by molar-refractivity contribution is 9.10. The third-order valence-corrected chi connectivity index (χ3v) is 7.05. The Bertz CT molecular complexity index is 1250. The first-order chi connectivity index (χ1) is 15.2. The van der Waals surface area contributed by atoms with Crippen LogP contribution in [0.3, 0.4) is 0 Å². The van der Waals surface area contributed by atoms with Gasteiger partial charge in [0.15, 0.2) is 5.58 Å². The SMILES string of the molecule is Cc1ccc(Br)nc1CC(NSC(C)(C)C)c1ccccc1-c1noc2cc(Br)ccc12. The Hall–Kier alpha value is -1.67. The molecule has 4 nitrogen and oxygen atoms in total. The molecular formula is C25H25Br2N3OS. The van der Waals surface area contributed by atoms with Crippen molar-refractivity contribution in [2.75, 3.05) is 0 Å². The van der Waals surface area contributed by atoms with Crippen molar-refractivity contribution < 1.29 is 4.52 Å². The third-order valence-electron chi connectivity index (χ3n) is 5.10. The maximum Gasteiger partial charge on any atom is 0.168 e. The smallest absolute Gasteiger partial charge is 0.168 e. The summed E-state index contributed by atoms with van der Waals surface area (Å²) in [6.07, 6.45) is 0.757. The zero-order valence-electron chi connectivity index (χ0n) is 18.4. The topological polar surface area (TPSA) is 51.0 Å². The summed E-state index contributed by atoms with van der Waals surface area (Å²) in [5, 5.41) is 5.44. The van der Waals surface area contributed by atoms with Crippen LogP contribution in [-0.2, 0) is 6.42 Å². The number of aromatic nitrogens is 2. The molecule has 0 saturated heterocycles. The number of nitrogens with one attached hydrogen (secondary N) is 1. The van der Waals surface area contributed by atoms with Gasteiger partial charge in [-0.15, -0.1) is 0 Å². The van der Waals surface area contributed by atoms with Gasteiger partial charge in [0.1, 0.15) is 10.3 Å². The first-order valence-corrected chi connectivity index (χ1v) is 12.8. The Labute approximate surface area is 210 Å². The average molecular weight is 575 g/mol. The van der Waals surface area contributed by atoms with Gasteiger partial charge in [-0.3, -0.25) is 4.72 Å². The largest absolute Gasteiger partial charge is 0.356 e. The molecule has 4 rings (SSSR count). The molecule has 0 aliphatic rings. The maximum absolute atomic E-state index is 5.66. The molecular weight excluding hydrogens is 550 g/mol. The van der Waals surface area contributed by atoms with Crippen LogP contribution < -0.4 is 4.72 Å². The van der Waals surface area contributed by atoms with E-state index in [1.807, 2.05) is 24.3 Å². The van der Waals surface area contributed by atoms with Gasteiger partial charge < -0.3 is 4.52 Å². The Balaban J connectivity index is 1.79. The Morgan fingerprint density at radius 2 is 1.84 bits per heavy atom. The average Bonchev–Trinajstić information content (AvgIpc) is 3.15. The van der Waals surface area contributed by atoms with Crippen molar-refractivity contribution in [2.24, 2.45) is 0 Å². The molecule has 2 aromatic carbocycles. The Kier molecular flexibility index (Phi) is 7.10. The van der Waals surface area contributed by atoms with Gasteiger partial charge in [-0.25, -0.2) is 4.98 Å². The van der Waals surface area contributed by atoms with E-state index >= 15 is 0 Å². The summed E-state index contributed by atoms with van der Waals surface area (Å²) >= 11 is 8.78. The summed E-state index contributed by atoms with van der Waals surface area (Å²) in [6, 6.07) is 18.6. The van der Waals surface area contributed by atoms with E-state index in [-0.39, 0.29) is 10.8 Å². The zero-order chi connectivity index (χ0) is 22.9. The van der Waals surface area contributed by atoms with Gasteiger partial charge in [0, 0.05) is 38.3 Å². The standard InChI is InChI=1S/C25H25Br2N3OS/c1-15-9-12-23(27)28-20(15)14-21(30-32-25(2,3)4)17-7-5-6-8-18(17)24-19-11-10-16(26)13-22(19)31-29-24/h5-13,21,30H,14H2,1-4H3. The molecule has 7 heteroatoms. The summed E-state index contributed by atoms with van der Waals surface area (Å²) < 4.78 is 11.3. The molecule has 1 unspecified atom stereocenters. The molecule has 2 aromatic heterocycles. The Morgan fingerprint density at radius 3 is 2.62 bits per heavy atom. The fraction of sp³-hybridized carbons (Fsp3) is 0.280.